The molecule has 6 nitrogen and oxygen atoms in total. The third-order valence-corrected chi connectivity index (χ3v) is 4.02. The number of nitrogens with zero attached hydrogens (tertiary/aromatic N) is 1. The molecule has 134 valence electrons. The highest BCUT2D eigenvalue weighted by molar-refractivity contribution is 5.78. The number of carbonyl (C=O) groups is 3. The molecule has 0 bridgehead atoms. The van der Waals surface area contributed by atoms with E-state index in [2.05, 4.69) is 4.74 Å². The molecule has 6 heteroatoms. The summed E-state index contributed by atoms with van der Waals surface area (Å²) in [4.78, 5) is 36.1. The molecule has 0 saturated carbocycles. The van der Waals surface area contributed by atoms with Crippen molar-refractivity contribution in [3.8, 4) is 0 Å². The number of hydrogen-bond acceptors (Lipinski definition) is 5. The molecule has 0 aliphatic heterocycles. The van der Waals surface area contributed by atoms with Gasteiger partial charge < -0.3 is 14.4 Å². The third-order valence-electron chi connectivity index (χ3n) is 4.02. The van der Waals surface area contributed by atoms with Crippen LogP contribution in [-0.4, -0.2) is 50.1 Å². The van der Waals surface area contributed by atoms with Crippen molar-refractivity contribution < 1.29 is 23.9 Å². The SMILES string of the molecule is COC(=O)C(C)CCN(C)C(=O)OCCCC(C(C)=O)C(C)C. The van der Waals surface area contributed by atoms with Crippen molar-refractivity contribution in [3.05, 3.63) is 0 Å². The first-order valence-corrected chi connectivity index (χ1v) is 8.16. The van der Waals surface area contributed by atoms with Crippen molar-refractivity contribution in [2.75, 3.05) is 27.3 Å². The lowest BCUT2D eigenvalue weighted by Gasteiger charge is -2.20. The Hall–Kier alpha value is -1.59. The molecule has 0 rings (SSSR count). The second kappa shape index (κ2) is 11.0. The highest BCUT2D eigenvalue weighted by atomic mass is 16.6. The van der Waals surface area contributed by atoms with Crippen LogP contribution >= 0.6 is 0 Å². The Morgan fingerprint density at radius 1 is 1.09 bits per heavy atom. The Kier molecular flexibility index (Phi) is 10.3. The van der Waals surface area contributed by atoms with Gasteiger partial charge in [0.1, 0.15) is 5.78 Å². The monoisotopic (exact) mass is 329 g/mol. The zero-order valence-corrected chi connectivity index (χ0v) is 15.3. The van der Waals surface area contributed by atoms with Crippen molar-refractivity contribution in [1.29, 1.82) is 0 Å². The van der Waals surface area contributed by atoms with Crippen LogP contribution in [0.15, 0.2) is 0 Å². The summed E-state index contributed by atoms with van der Waals surface area (Å²) in [7, 11) is 2.99. The van der Waals surface area contributed by atoms with Crippen LogP contribution in [0.5, 0.6) is 0 Å². The minimum atomic E-state index is -0.411. The van der Waals surface area contributed by atoms with Gasteiger partial charge in [0.15, 0.2) is 0 Å². The van der Waals surface area contributed by atoms with Gasteiger partial charge in [0.25, 0.3) is 0 Å². The van der Waals surface area contributed by atoms with Gasteiger partial charge in [-0.25, -0.2) is 4.79 Å². The first-order chi connectivity index (χ1) is 10.7. The average molecular weight is 329 g/mol. The van der Waals surface area contributed by atoms with Gasteiger partial charge in [-0.15, -0.1) is 0 Å². The Morgan fingerprint density at radius 3 is 2.17 bits per heavy atom. The van der Waals surface area contributed by atoms with Crippen molar-refractivity contribution in [3.63, 3.8) is 0 Å². The van der Waals surface area contributed by atoms with Gasteiger partial charge in [0.2, 0.25) is 0 Å². The Morgan fingerprint density at radius 2 is 1.70 bits per heavy atom. The lowest BCUT2D eigenvalue weighted by molar-refractivity contribution is -0.145. The van der Waals surface area contributed by atoms with Crippen LogP contribution in [0.4, 0.5) is 4.79 Å². The van der Waals surface area contributed by atoms with E-state index >= 15 is 0 Å². The summed E-state index contributed by atoms with van der Waals surface area (Å²) in [5.41, 5.74) is 0. The lowest BCUT2D eigenvalue weighted by atomic mass is 9.88. The molecule has 0 aromatic carbocycles. The molecular formula is C17H31NO5. The Bertz CT molecular complexity index is 394. The van der Waals surface area contributed by atoms with Gasteiger partial charge in [-0.05, 0) is 32.1 Å². The van der Waals surface area contributed by atoms with E-state index in [1.807, 2.05) is 13.8 Å². The average Bonchev–Trinajstić information content (AvgIpc) is 2.49. The minimum Gasteiger partial charge on any atom is -0.469 e. The Labute approximate surface area is 139 Å². The van der Waals surface area contributed by atoms with Gasteiger partial charge in [-0.2, -0.15) is 0 Å². The van der Waals surface area contributed by atoms with Gasteiger partial charge in [0.05, 0.1) is 19.6 Å². The maximum absolute atomic E-state index is 11.8. The maximum Gasteiger partial charge on any atom is 0.409 e. The number of amides is 1. The number of hydrogen-bond donors (Lipinski definition) is 0. The van der Waals surface area contributed by atoms with Crippen molar-refractivity contribution in [2.45, 2.75) is 47.0 Å². The highest BCUT2D eigenvalue weighted by Gasteiger charge is 2.19. The van der Waals surface area contributed by atoms with Crippen LogP contribution in [0.25, 0.3) is 0 Å². The fraction of sp³-hybridized carbons (Fsp3) is 0.824. The summed E-state index contributed by atoms with van der Waals surface area (Å²) in [5, 5.41) is 0. The summed E-state index contributed by atoms with van der Waals surface area (Å²) >= 11 is 0. The van der Waals surface area contributed by atoms with E-state index in [9.17, 15) is 14.4 Å². The molecule has 2 unspecified atom stereocenters. The van der Waals surface area contributed by atoms with Crippen LogP contribution in [0.1, 0.15) is 47.0 Å². The summed E-state index contributed by atoms with van der Waals surface area (Å²) in [5.74, 6) is -0.0355. The molecule has 0 aromatic rings. The fourth-order valence-electron chi connectivity index (χ4n) is 2.38. The van der Waals surface area contributed by atoms with Gasteiger partial charge in [-0.3, -0.25) is 9.59 Å². The number of ether oxygens (including phenoxy) is 2. The second-order valence-electron chi connectivity index (χ2n) is 6.35. The first kappa shape index (κ1) is 21.4. The molecular weight excluding hydrogens is 298 g/mol. The number of rotatable bonds is 10. The molecule has 0 aliphatic rings. The normalized spacial score (nSPS) is 13.3. The molecule has 1 amide bonds. The van der Waals surface area contributed by atoms with Crippen molar-refractivity contribution in [1.82, 2.24) is 4.90 Å². The van der Waals surface area contributed by atoms with Gasteiger partial charge in [0, 0.05) is 19.5 Å². The smallest absolute Gasteiger partial charge is 0.409 e. The van der Waals surface area contributed by atoms with E-state index < -0.39 is 6.09 Å². The topological polar surface area (TPSA) is 72.9 Å². The van der Waals surface area contributed by atoms with Gasteiger partial charge in [-0.1, -0.05) is 20.8 Å². The largest absolute Gasteiger partial charge is 0.469 e. The zero-order valence-electron chi connectivity index (χ0n) is 15.3. The lowest BCUT2D eigenvalue weighted by Crippen LogP contribution is -2.31. The quantitative estimate of drug-likeness (QED) is 0.455. The van der Waals surface area contributed by atoms with Crippen LogP contribution in [0, 0.1) is 17.8 Å². The molecule has 0 heterocycles. The van der Waals surface area contributed by atoms with Crippen LogP contribution < -0.4 is 0 Å². The first-order valence-electron chi connectivity index (χ1n) is 8.16. The summed E-state index contributed by atoms with van der Waals surface area (Å²) < 4.78 is 9.84. The zero-order chi connectivity index (χ0) is 18.0. The van der Waals surface area contributed by atoms with Crippen LogP contribution in [0.3, 0.4) is 0 Å². The molecule has 0 aliphatic carbocycles. The van der Waals surface area contributed by atoms with E-state index in [0.717, 1.165) is 6.42 Å². The summed E-state index contributed by atoms with van der Waals surface area (Å²) in [6.07, 6.45) is 1.51. The number of carbonyl (C=O) groups excluding carboxylic acids is 3. The van der Waals surface area contributed by atoms with E-state index in [1.165, 1.54) is 12.0 Å². The standard InChI is InChI=1S/C17H31NO5/c1-12(2)15(14(4)19)8-7-11-23-17(21)18(5)10-9-13(3)16(20)22-6/h12-13,15H,7-11H2,1-6H3. The van der Waals surface area contributed by atoms with E-state index in [4.69, 9.17) is 4.74 Å². The second-order valence-corrected chi connectivity index (χ2v) is 6.35. The van der Waals surface area contributed by atoms with Gasteiger partial charge >= 0.3 is 12.1 Å². The molecule has 0 fully saturated rings. The van der Waals surface area contributed by atoms with E-state index in [1.54, 1.807) is 20.9 Å². The van der Waals surface area contributed by atoms with Crippen molar-refractivity contribution in [2.24, 2.45) is 17.8 Å². The molecule has 0 spiro atoms. The molecule has 0 radical (unpaired) electrons. The summed E-state index contributed by atoms with van der Waals surface area (Å²) in [6.45, 7) is 8.14. The summed E-state index contributed by atoms with van der Waals surface area (Å²) in [6, 6.07) is 0. The fourth-order valence-corrected chi connectivity index (χ4v) is 2.38. The van der Waals surface area contributed by atoms with Crippen LogP contribution in [-0.2, 0) is 19.1 Å². The Balaban J connectivity index is 4.01. The molecule has 0 saturated heterocycles. The number of methoxy groups -OCH3 is 1. The molecule has 23 heavy (non-hydrogen) atoms. The van der Waals surface area contributed by atoms with Crippen molar-refractivity contribution >= 4 is 17.8 Å². The minimum absolute atomic E-state index is 0.0207. The molecule has 0 aromatic heterocycles. The molecule has 2 atom stereocenters. The number of ketones is 1. The number of Topliss-reactive ketones (excluding diaryl/α,β-unsaturated/α-hetero) is 1. The number of esters is 1. The maximum atomic E-state index is 11.8. The van der Waals surface area contributed by atoms with Crippen LogP contribution in [0.2, 0.25) is 0 Å². The third kappa shape index (κ3) is 8.57. The van der Waals surface area contributed by atoms with E-state index in [-0.39, 0.29) is 23.6 Å². The molecule has 0 N–H and O–H groups in total. The highest BCUT2D eigenvalue weighted by Crippen LogP contribution is 2.18. The predicted octanol–water partition coefficient (Wildman–Crippen LogP) is 2.90. The predicted molar refractivity (Wildman–Crippen MR) is 88.0 cm³/mol. The van der Waals surface area contributed by atoms with E-state index in [0.29, 0.717) is 31.9 Å².